The van der Waals surface area contributed by atoms with Crippen molar-refractivity contribution in [3.8, 4) is 5.75 Å². The van der Waals surface area contributed by atoms with Crippen LogP contribution in [0.5, 0.6) is 5.75 Å². The maximum Gasteiger partial charge on any atom is 0.248 e. The number of primary amides is 1. The molecule has 0 spiro atoms. The van der Waals surface area contributed by atoms with Crippen molar-refractivity contribution in [3.63, 3.8) is 0 Å². The molecule has 0 aliphatic heterocycles. The number of carbonyl (C=O) groups excluding carboxylic acids is 1. The average molecular weight is 288 g/mol. The molecule has 2 rings (SSSR count). The van der Waals surface area contributed by atoms with Gasteiger partial charge in [-0.15, -0.1) is 0 Å². The van der Waals surface area contributed by atoms with E-state index in [0.29, 0.717) is 17.8 Å². The Bertz CT molecular complexity index is 671. The van der Waals surface area contributed by atoms with Gasteiger partial charge in [0.25, 0.3) is 0 Å². The first-order valence-corrected chi connectivity index (χ1v) is 6.48. The number of hydrogen-bond acceptors (Lipinski definition) is 3. The van der Waals surface area contributed by atoms with Gasteiger partial charge in [0, 0.05) is 28.9 Å². The van der Waals surface area contributed by atoms with Gasteiger partial charge in [-0.2, -0.15) is 0 Å². The van der Waals surface area contributed by atoms with E-state index in [2.05, 4.69) is 5.32 Å². The van der Waals surface area contributed by atoms with Crippen LogP contribution in [0.25, 0.3) is 0 Å². The van der Waals surface area contributed by atoms with E-state index in [1.165, 1.54) is 0 Å². The van der Waals surface area contributed by atoms with E-state index in [1.807, 2.05) is 24.3 Å². The summed E-state index contributed by atoms with van der Waals surface area (Å²) in [4.78, 5) is 11.2. The summed E-state index contributed by atoms with van der Waals surface area (Å²) in [5.41, 5.74) is 7.25. The number of anilines is 1. The summed E-state index contributed by atoms with van der Waals surface area (Å²) in [5.74, 6) is -0.378. The second kappa shape index (κ2) is 6.26. The van der Waals surface area contributed by atoms with Crippen molar-refractivity contribution in [2.45, 2.75) is 13.5 Å². The van der Waals surface area contributed by atoms with Gasteiger partial charge in [-0.25, -0.2) is 4.39 Å². The number of rotatable bonds is 5. The Morgan fingerprint density at radius 2 is 2.05 bits per heavy atom. The number of benzene rings is 2. The van der Waals surface area contributed by atoms with E-state index in [-0.39, 0.29) is 5.56 Å². The fraction of sp³-hybridized carbons (Fsp3) is 0.188. The number of nitrogens with one attached hydrogen (secondary N) is 1. The van der Waals surface area contributed by atoms with Gasteiger partial charge in [0.15, 0.2) is 0 Å². The van der Waals surface area contributed by atoms with Crippen molar-refractivity contribution in [2.24, 2.45) is 5.73 Å². The Balaban J connectivity index is 2.25. The third-order valence-corrected chi connectivity index (χ3v) is 3.29. The van der Waals surface area contributed by atoms with Crippen molar-refractivity contribution in [1.29, 1.82) is 0 Å². The monoisotopic (exact) mass is 288 g/mol. The normalized spacial score (nSPS) is 10.2. The molecule has 0 aliphatic rings. The van der Waals surface area contributed by atoms with Crippen molar-refractivity contribution in [2.75, 3.05) is 12.4 Å². The third-order valence-electron chi connectivity index (χ3n) is 3.29. The Hall–Kier alpha value is -2.56. The van der Waals surface area contributed by atoms with Crippen molar-refractivity contribution in [1.82, 2.24) is 0 Å². The van der Waals surface area contributed by atoms with Crippen LogP contribution in [0.1, 0.15) is 21.5 Å². The second-order valence-corrected chi connectivity index (χ2v) is 4.66. The Morgan fingerprint density at radius 3 is 2.71 bits per heavy atom. The third kappa shape index (κ3) is 3.31. The zero-order valence-corrected chi connectivity index (χ0v) is 11.9. The highest BCUT2D eigenvalue weighted by Crippen LogP contribution is 2.23. The Kier molecular flexibility index (Phi) is 4.42. The summed E-state index contributed by atoms with van der Waals surface area (Å²) in [6.45, 7) is 2.09. The molecule has 0 unspecified atom stereocenters. The van der Waals surface area contributed by atoms with Gasteiger partial charge < -0.3 is 15.8 Å². The fourth-order valence-electron chi connectivity index (χ4n) is 2.04. The lowest BCUT2D eigenvalue weighted by Crippen LogP contribution is -2.13. The molecule has 0 aromatic heterocycles. The predicted molar refractivity (Wildman–Crippen MR) is 80.0 cm³/mol. The molecule has 0 saturated heterocycles. The van der Waals surface area contributed by atoms with Crippen LogP contribution in [0.15, 0.2) is 36.4 Å². The van der Waals surface area contributed by atoms with E-state index in [0.717, 1.165) is 17.4 Å². The quantitative estimate of drug-likeness (QED) is 0.889. The van der Waals surface area contributed by atoms with Crippen LogP contribution in [-0.2, 0) is 6.54 Å². The van der Waals surface area contributed by atoms with Crippen LogP contribution in [0.3, 0.4) is 0 Å². The maximum atomic E-state index is 13.8. The number of amides is 1. The van der Waals surface area contributed by atoms with Crippen LogP contribution in [-0.4, -0.2) is 13.0 Å². The first-order chi connectivity index (χ1) is 10.0. The van der Waals surface area contributed by atoms with E-state index in [1.54, 1.807) is 20.1 Å². The van der Waals surface area contributed by atoms with Crippen molar-refractivity contribution in [3.05, 3.63) is 58.9 Å². The van der Waals surface area contributed by atoms with Crippen molar-refractivity contribution >= 4 is 11.6 Å². The molecular weight excluding hydrogens is 271 g/mol. The van der Waals surface area contributed by atoms with Crippen LogP contribution < -0.4 is 15.8 Å². The lowest BCUT2D eigenvalue weighted by atomic mass is 10.1. The van der Waals surface area contributed by atoms with Gasteiger partial charge in [-0.3, -0.25) is 4.79 Å². The summed E-state index contributed by atoms with van der Waals surface area (Å²) in [5, 5.41) is 3.11. The number of methoxy groups -OCH3 is 1. The van der Waals surface area contributed by atoms with E-state index < -0.39 is 11.7 Å². The molecular formula is C16H17FN2O2. The molecule has 0 heterocycles. The summed E-state index contributed by atoms with van der Waals surface area (Å²) < 4.78 is 19.1. The van der Waals surface area contributed by atoms with Crippen molar-refractivity contribution < 1.29 is 13.9 Å². The molecule has 0 radical (unpaired) electrons. The van der Waals surface area contributed by atoms with Crippen LogP contribution in [0.2, 0.25) is 0 Å². The molecule has 0 fully saturated rings. The van der Waals surface area contributed by atoms with Gasteiger partial charge in [0.05, 0.1) is 7.11 Å². The minimum absolute atomic E-state index is 0.139. The molecule has 110 valence electrons. The maximum absolute atomic E-state index is 13.8. The molecule has 0 atom stereocenters. The number of nitrogens with two attached hydrogens (primary N) is 1. The van der Waals surface area contributed by atoms with E-state index in [4.69, 9.17) is 10.5 Å². The smallest absolute Gasteiger partial charge is 0.248 e. The minimum Gasteiger partial charge on any atom is -0.496 e. The fourth-order valence-corrected chi connectivity index (χ4v) is 2.04. The molecule has 0 saturated carbocycles. The molecule has 3 N–H and O–H groups in total. The highest BCUT2D eigenvalue weighted by molar-refractivity contribution is 5.94. The average Bonchev–Trinajstić information content (AvgIpc) is 2.48. The number of hydrogen-bond donors (Lipinski definition) is 2. The Labute approximate surface area is 122 Å². The predicted octanol–water partition coefficient (Wildman–Crippen LogP) is 2.85. The lowest BCUT2D eigenvalue weighted by Gasteiger charge is -2.13. The Morgan fingerprint density at radius 1 is 1.33 bits per heavy atom. The molecule has 0 aliphatic carbocycles. The molecule has 2 aromatic rings. The van der Waals surface area contributed by atoms with Gasteiger partial charge in [-0.1, -0.05) is 18.2 Å². The number of carbonyl (C=O) groups is 1. The topological polar surface area (TPSA) is 64.3 Å². The van der Waals surface area contributed by atoms with Crippen LogP contribution in [0.4, 0.5) is 10.1 Å². The highest BCUT2D eigenvalue weighted by atomic mass is 19.1. The molecule has 5 heteroatoms. The summed E-state index contributed by atoms with van der Waals surface area (Å²) >= 11 is 0. The zero-order chi connectivity index (χ0) is 15.4. The molecule has 21 heavy (non-hydrogen) atoms. The number of para-hydroxylation sites is 1. The molecule has 2 aromatic carbocycles. The SMILES string of the molecule is COc1ccccc1CNc1cc(C(N)=O)cc(F)c1C. The zero-order valence-electron chi connectivity index (χ0n) is 11.9. The second-order valence-electron chi connectivity index (χ2n) is 4.66. The molecule has 1 amide bonds. The summed E-state index contributed by atoms with van der Waals surface area (Å²) in [6, 6.07) is 10.2. The van der Waals surface area contributed by atoms with Gasteiger partial charge in [0.2, 0.25) is 5.91 Å². The van der Waals surface area contributed by atoms with E-state index >= 15 is 0 Å². The van der Waals surface area contributed by atoms with Gasteiger partial charge >= 0.3 is 0 Å². The van der Waals surface area contributed by atoms with Gasteiger partial charge in [-0.05, 0) is 25.1 Å². The largest absolute Gasteiger partial charge is 0.496 e. The number of ether oxygens (including phenoxy) is 1. The first-order valence-electron chi connectivity index (χ1n) is 6.48. The summed E-state index contributed by atoms with van der Waals surface area (Å²) in [6.07, 6.45) is 0. The minimum atomic E-state index is -0.658. The lowest BCUT2D eigenvalue weighted by molar-refractivity contribution is 0.1000. The molecule has 0 bridgehead atoms. The van der Waals surface area contributed by atoms with Crippen LogP contribution in [0, 0.1) is 12.7 Å². The standard InChI is InChI=1S/C16H17FN2O2/c1-10-13(17)7-12(16(18)20)8-14(10)19-9-11-5-3-4-6-15(11)21-2/h3-8,19H,9H2,1-2H3,(H2,18,20). The summed E-state index contributed by atoms with van der Waals surface area (Å²) in [7, 11) is 1.59. The van der Waals surface area contributed by atoms with E-state index in [9.17, 15) is 9.18 Å². The molecule has 4 nitrogen and oxygen atoms in total. The highest BCUT2D eigenvalue weighted by Gasteiger charge is 2.11. The van der Waals surface area contributed by atoms with Gasteiger partial charge in [0.1, 0.15) is 11.6 Å². The van der Waals surface area contributed by atoms with Crippen LogP contribution >= 0.6 is 0 Å². The number of halogens is 1. The first kappa shape index (κ1) is 14.8.